The van der Waals surface area contributed by atoms with Gasteiger partial charge >= 0.3 is 5.97 Å². The lowest BCUT2D eigenvalue weighted by Gasteiger charge is -2.24. The fourth-order valence-corrected chi connectivity index (χ4v) is 5.12. The number of aliphatic hydroxyl groups excluding tert-OH is 1. The fraction of sp³-hybridized carbons (Fsp3) is 0.222. The molecule has 194 valence electrons. The molecule has 3 aromatic carbocycles. The zero-order valence-electron chi connectivity index (χ0n) is 20.3. The molecular formula is C27H26FNO7S. The van der Waals surface area contributed by atoms with E-state index in [1.165, 1.54) is 18.2 Å². The number of furan rings is 1. The van der Waals surface area contributed by atoms with Crippen LogP contribution in [0.25, 0.3) is 22.3 Å². The summed E-state index contributed by atoms with van der Waals surface area (Å²) in [6.45, 7) is 1.39. The summed E-state index contributed by atoms with van der Waals surface area (Å²) in [7, 11) is -3.72. The molecule has 4 rings (SSSR count). The third-order valence-corrected chi connectivity index (χ3v) is 6.96. The van der Waals surface area contributed by atoms with Crippen LogP contribution < -0.4 is 9.04 Å². The molecule has 0 bridgehead atoms. The van der Waals surface area contributed by atoms with Crippen molar-refractivity contribution in [2.75, 3.05) is 23.7 Å². The normalized spacial score (nSPS) is 11.6. The number of hydrogen-bond donors (Lipinski definition) is 2. The van der Waals surface area contributed by atoms with Gasteiger partial charge in [0, 0.05) is 17.0 Å². The molecule has 0 saturated heterocycles. The Morgan fingerprint density at radius 3 is 2.41 bits per heavy atom. The molecule has 0 radical (unpaired) electrons. The number of aryl methyl sites for hydroxylation is 1. The smallest absolute Gasteiger partial charge is 0.340 e. The van der Waals surface area contributed by atoms with E-state index in [1.807, 2.05) is 6.92 Å². The average molecular weight is 528 g/mol. The minimum absolute atomic E-state index is 0.0551. The first kappa shape index (κ1) is 26.2. The van der Waals surface area contributed by atoms with Crippen LogP contribution in [0.5, 0.6) is 11.5 Å². The third kappa shape index (κ3) is 5.45. The Morgan fingerprint density at radius 2 is 1.81 bits per heavy atom. The highest BCUT2D eigenvalue weighted by molar-refractivity contribution is 7.92. The molecule has 1 heterocycles. The summed E-state index contributed by atoms with van der Waals surface area (Å²) in [5.41, 5.74) is 1.54. The first-order chi connectivity index (χ1) is 17.6. The lowest BCUT2D eigenvalue weighted by atomic mass is 10.0. The van der Waals surface area contributed by atoms with Crippen molar-refractivity contribution in [3.63, 3.8) is 0 Å². The van der Waals surface area contributed by atoms with Crippen molar-refractivity contribution in [2.24, 2.45) is 0 Å². The molecule has 2 N–H and O–H groups in total. The van der Waals surface area contributed by atoms with Crippen LogP contribution >= 0.6 is 0 Å². The number of fused-ring (bicyclic) bond motifs is 1. The summed E-state index contributed by atoms with van der Waals surface area (Å²) < 4.78 is 51.5. The first-order valence-electron chi connectivity index (χ1n) is 11.6. The van der Waals surface area contributed by atoms with Crippen LogP contribution in [-0.2, 0) is 16.4 Å². The molecule has 8 nitrogen and oxygen atoms in total. The minimum atomic E-state index is -3.72. The second-order valence-electron chi connectivity index (χ2n) is 8.45. The number of halogens is 1. The van der Waals surface area contributed by atoms with Gasteiger partial charge < -0.3 is 19.4 Å². The quantitative estimate of drug-likeness (QED) is 0.282. The van der Waals surface area contributed by atoms with E-state index < -0.39 is 21.8 Å². The molecule has 1 aromatic heterocycles. The van der Waals surface area contributed by atoms with Gasteiger partial charge in [0.1, 0.15) is 22.7 Å². The van der Waals surface area contributed by atoms with E-state index >= 15 is 0 Å². The predicted molar refractivity (Wildman–Crippen MR) is 138 cm³/mol. The number of hydrogen-bond acceptors (Lipinski definition) is 6. The Hall–Kier alpha value is -3.89. The largest absolute Gasteiger partial charge is 0.478 e. The Bertz CT molecular complexity index is 1550. The highest BCUT2D eigenvalue weighted by Crippen LogP contribution is 2.39. The molecule has 0 spiro atoms. The standard InChI is InChI=1S/C27H26FNO7S/c1-3-6-18-15-20-24(16-22(18)29(13-14-30)37(2,33)34)36-26(25(20)27(31)32)17-9-11-19(12-10-17)35-23-8-5-4-7-21(23)28/h4-5,7-12,15-16,30H,3,6,13-14H2,1-2H3,(H,31,32). The van der Waals surface area contributed by atoms with Crippen LogP contribution in [0.1, 0.15) is 29.3 Å². The molecule has 0 aliphatic rings. The Kier molecular flexibility index (Phi) is 7.51. The van der Waals surface area contributed by atoms with Gasteiger partial charge in [-0.15, -0.1) is 0 Å². The van der Waals surface area contributed by atoms with Gasteiger partial charge in [0.15, 0.2) is 11.6 Å². The summed E-state index contributed by atoms with van der Waals surface area (Å²) in [6.07, 6.45) is 2.22. The van der Waals surface area contributed by atoms with Crippen molar-refractivity contribution >= 4 is 32.6 Å². The monoisotopic (exact) mass is 527 g/mol. The van der Waals surface area contributed by atoms with E-state index in [9.17, 15) is 27.8 Å². The molecule has 0 saturated carbocycles. The van der Waals surface area contributed by atoms with Gasteiger partial charge in [0.05, 0.1) is 25.1 Å². The highest BCUT2D eigenvalue weighted by atomic mass is 32.2. The molecule has 0 atom stereocenters. The predicted octanol–water partition coefficient (Wildman–Crippen LogP) is 5.44. The van der Waals surface area contributed by atoms with Crippen LogP contribution in [0.15, 0.2) is 65.1 Å². The number of carbonyl (C=O) groups is 1. The van der Waals surface area contributed by atoms with Crippen molar-refractivity contribution in [1.82, 2.24) is 0 Å². The number of aliphatic hydroxyl groups is 1. The second kappa shape index (κ2) is 10.6. The number of nitrogens with zero attached hydrogens (tertiary/aromatic N) is 1. The molecule has 0 amide bonds. The molecule has 4 aromatic rings. The van der Waals surface area contributed by atoms with Crippen molar-refractivity contribution in [3.8, 4) is 22.8 Å². The van der Waals surface area contributed by atoms with Gasteiger partial charge in [-0.25, -0.2) is 17.6 Å². The highest BCUT2D eigenvalue weighted by Gasteiger charge is 2.26. The van der Waals surface area contributed by atoms with Gasteiger partial charge in [-0.3, -0.25) is 4.31 Å². The number of ether oxygens (including phenoxy) is 1. The summed E-state index contributed by atoms with van der Waals surface area (Å²) in [5.74, 6) is -1.22. The van der Waals surface area contributed by atoms with E-state index in [1.54, 1.807) is 42.5 Å². The number of para-hydroxylation sites is 1. The molecule has 0 unspecified atom stereocenters. The lowest BCUT2D eigenvalue weighted by Crippen LogP contribution is -2.33. The average Bonchev–Trinajstić information content (AvgIpc) is 3.22. The number of aromatic carboxylic acids is 1. The van der Waals surface area contributed by atoms with Crippen LogP contribution in [-0.4, -0.2) is 44.0 Å². The molecule has 37 heavy (non-hydrogen) atoms. The maximum Gasteiger partial charge on any atom is 0.340 e. The number of rotatable bonds is 10. The summed E-state index contributed by atoms with van der Waals surface area (Å²) >= 11 is 0. The number of sulfonamides is 1. The molecule has 0 fully saturated rings. The minimum Gasteiger partial charge on any atom is -0.478 e. The number of anilines is 1. The number of carboxylic acids is 1. The van der Waals surface area contributed by atoms with E-state index in [-0.39, 0.29) is 35.8 Å². The Balaban J connectivity index is 1.82. The molecular weight excluding hydrogens is 501 g/mol. The Morgan fingerprint density at radius 1 is 1.11 bits per heavy atom. The molecule has 0 aliphatic carbocycles. The first-order valence-corrected chi connectivity index (χ1v) is 13.4. The van der Waals surface area contributed by atoms with Crippen molar-refractivity contribution in [3.05, 3.63) is 77.6 Å². The van der Waals surface area contributed by atoms with Crippen LogP contribution in [0.4, 0.5) is 10.1 Å². The van der Waals surface area contributed by atoms with Crippen molar-refractivity contribution in [1.29, 1.82) is 0 Å². The van der Waals surface area contributed by atoms with Gasteiger partial charge in [-0.05, 0) is 54.4 Å². The Labute approximate surface area is 213 Å². The SMILES string of the molecule is CCCc1cc2c(C(=O)O)c(-c3ccc(Oc4ccccc4F)cc3)oc2cc1N(CCO)S(C)(=O)=O. The zero-order chi connectivity index (χ0) is 26.7. The van der Waals surface area contributed by atoms with E-state index in [4.69, 9.17) is 9.15 Å². The summed E-state index contributed by atoms with van der Waals surface area (Å²) in [5, 5.41) is 19.8. The van der Waals surface area contributed by atoms with E-state index in [2.05, 4.69) is 0 Å². The van der Waals surface area contributed by atoms with Crippen LogP contribution in [0.2, 0.25) is 0 Å². The third-order valence-electron chi connectivity index (χ3n) is 5.78. The zero-order valence-corrected chi connectivity index (χ0v) is 21.1. The summed E-state index contributed by atoms with van der Waals surface area (Å²) in [6, 6.07) is 15.5. The maximum atomic E-state index is 13.9. The lowest BCUT2D eigenvalue weighted by molar-refractivity contribution is 0.0699. The van der Waals surface area contributed by atoms with Crippen LogP contribution in [0, 0.1) is 5.82 Å². The van der Waals surface area contributed by atoms with Gasteiger partial charge in [-0.1, -0.05) is 25.5 Å². The molecule has 0 aliphatic heterocycles. The van der Waals surface area contributed by atoms with E-state index in [0.29, 0.717) is 40.8 Å². The number of benzene rings is 3. The molecule has 10 heteroatoms. The van der Waals surface area contributed by atoms with Crippen LogP contribution in [0.3, 0.4) is 0 Å². The van der Waals surface area contributed by atoms with Gasteiger partial charge in [0.25, 0.3) is 0 Å². The maximum absolute atomic E-state index is 13.9. The topological polar surface area (TPSA) is 117 Å². The van der Waals surface area contributed by atoms with Crippen molar-refractivity contribution < 1.29 is 37.0 Å². The number of carboxylic acid groups (broad SMARTS) is 1. The van der Waals surface area contributed by atoms with E-state index in [0.717, 1.165) is 10.6 Å². The van der Waals surface area contributed by atoms with Gasteiger partial charge in [0.2, 0.25) is 10.0 Å². The van der Waals surface area contributed by atoms with Gasteiger partial charge in [-0.2, -0.15) is 0 Å². The van der Waals surface area contributed by atoms with Crippen molar-refractivity contribution in [2.45, 2.75) is 19.8 Å². The second-order valence-corrected chi connectivity index (χ2v) is 10.4. The fourth-order valence-electron chi connectivity index (χ4n) is 4.18. The summed E-state index contributed by atoms with van der Waals surface area (Å²) in [4.78, 5) is 12.3.